The van der Waals surface area contributed by atoms with Crippen molar-refractivity contribution in [3.05, 3.63) is 96.1 Å². The highest BCUT2D eigenvalue weighted by atomic mass is 16.6. The van der Waals surface area contributed by atoms with Gasteiger partial charge in [-0.1, -0.05) is 72.8 Å². The molecule has 1 unspecified atom stereocenters. The monoisotopic (exact) mass is 486 g/mol. The van der Waals surface area contributed by atoms with Gasteiger partial charge in [0.1, 0.15) is 6.10 Å². The summed E-state index contributed by atoms with van der Waals surface area (Å²) in [7, 11) is 0. The van der Waals surface area contributed by atoms with Crippen molar-refractivity contribution in [3.8, 4) is 11.1 Å². The number of aliphatic hydroxyl groups is 2. The molecule has 3 aromatic rings. The van der Waals surface area contributed by atoms with Crippen LogP contribution < -0.4 is 0 Å². The van der Waals surface area contributed by atoms with Crippen LogP contribution in [-0.2, 0) is 15.9 Å². The van der Waals surface area contributed by atoms with Crippen LogP contribution in [-0.4, -0.2) is 40.8 Å². The first-order valence-electron chi connectivity index (χ1n) is 13.0. The summed E-state index contributed by atoms with van der Waals surface area (Å²) < 4.78 is 11.7. The first-order chi connectivity index (χ1) is 17.6. The maximum absolute atomic E-state index is 13.0. The Labute approximate surface area is 212 Å². The summed E-state index contributed by atoms with van der Waals surface area (Å²) in [6.07, 6.45) is 2.47. The molecule has 3 aromatic carbocycles. The zero-order chi connectivity index (χ0) is 24.9. The van der Waals surface area contributed by atoms with Gasteiger partial charge in [-0.15, -0.1) is 0 Å². The Morgan fingerprint density at radius 2 is 1.56 bits per heavy atom. The molecule has 0 radical (unpaired) electrons. The Morgan fingerprint density at radius 1 is 0.889 bits per heavy atom. The Bertz CT molecular complexity index is 1110. The molecule has 0 aromatic heterocycles. The number of carbonyl (C=O) groups is 1. The third-order valence-corrected chi connectivity index (χ3v) is 7.70. The van der Waals surface area contributed by atoms with Crippen molar-refractivity contribution in [1.82, 2.24) is 0 Å². The minimum absolute atomic E-state index is 0.0612. The molecule has 6 atom stereocenters. The van der Waals surface area contributed by atoms with Gasteiger partial charge in [0.05, 0.1) is 17.8 Å². The third-order valence-electron chi connectivity index (χ3n) is 7.70. The zero-order valence-corrected chi connectivity index (χ0v) is 20.4. The number of hydrogen-bond donors (Lipinski definition) is 2. The molecule has 0 amide bonds. The van der Waals surface area contributed by atoms with Gasteiger partial charge in [0.25, 0.3) is 0 Å². The number of carbonyl (C=O) groups excluding carboxylic acids is 1. The predicted molar refractivity (Wildman–Crippen MR) is 138 cm³/mol. The van der Waals surface area contributed by atoms with Gasteiger partial charge in [0.15, 0.2) is 6.29 Å². The standard InChI is InChI=1S/C31H34O5/c32-25(16-11-21-7-3-1-4-8-21)17-18-26-27-19-30(33)35-29(27)20-28(26)36-31(34)24-14-12-23(13-15-24)22-9-5-2-6-10-22/h1-10,12-15,25-30,32-33H,11,16-20H2/t25-,26+,27+,28+,29-,30?/m0/s1. The van der Waals surface area contributed by atoms with Crippen molar-refractivity contribution < 1.29 is 24.5 Å². The van der Waals surface area contributed by atoms with Gasteiger partial charge in [0.2, 0.25) is 0 Å². The quantitative estimate of drug-likeness (QED) is 0.396. The molecule has 1 heterocycles. The van der Waals surface area contributed by atoms with Crippen LogP contribution in [0.3, 0.4) is 0 Å². The lowest BCUT2D eigenvalue weighted by Crippen LogP contribution is -2.27. The number of hydrogen-bond acceptors (Lipinski definition) is 5. The number of rotatable bonds is 9. The van der Waals surface area contributed by atoms with Gasteiger partial charge < -0.3 is 19.7 Å². The molecule has 1 aliphatic heterocycles. The van der Waals surface area contributed by atoms with Crippen molar-refractivity contribution in [2.24, 2.45) is 11.8 Å². The fourth-order valence-electron chi connectivity index (χ4n) is 5.78. The van der Waals surface area contributed by atoms with Gasteiger partial charge >= 0.3 is 5.97 Å². The summed E-state index contributed by atoms with van der Waals surface area (Å²) in [6.45, 7) is 0. The van der Waals surface area contributed by atoms with Gasteiger partial charge in [-0.05, 0) is 60.4 Å². The number of fused-ring (bicyclic) bond motifs is 1. The minimum atomic E-state index is -0.757. The first kappa shape index (κ1) is 24.7. The van der Waals surface area contributed by atoms with Crippen molar-refractivity contribution in [1.29, 1.82) is 0 Å². The summed E-state index contributed by atoms with van der Waals surface area (Å²) in [4.78, 5) is 13.0. The fraction of sp³-hybridized carbons (Fsp3) is 0.387. The average Bonchev–Trinajstić information content (AvgIpc) is 3.42. The molecule has 188 valence electrons. The molecule has 1 aliphatic carbocycles. The largest absolute Gasteiger partial charge is 0.458 e. The second kappa shape index (κ2) is 11.4. The van der Waals surface area contributed by atoms with E-state index in [-0.39, 0.29) is 30.0 Å². The third kappa shape index (κ3) is 5.86. The predicted octanol–water partition coefficient (Wildman–Crippen LogP) is 5.40. The van der Waals surface area contributed by atoms with Crippen LogP contribution in [0.15, 0.2) is 84.9 Å². The number of aryl methyl sites for hydroxylation is 1. The van der Waals surface area contributed by atoms with E-state index in [9.17, 15) is 15.0 Å². The molecule has 5 heteroatoms. The lowest BCUT2D eigenvalue weighted by atomic mass is 9.86. The Kier molecular flexibility index (Phi) is 7.81. The molecule has 1 saturated carbocycles. The lowest BCUT2D eigenvalue weighted by Gasteiger charge is -2.25. The van der Waals surface area contributed by atoms with Gasteiger partial charge in [-0.2, -0.15) is 0 Å². The van der Waals surface area contributed by atoms with Crippen LogP contribution in [0.1, 0.15) is 48.0 Å². The average molecular weight is 487 g/mol. The van der Waals surface area contributed by atoms with Crippen molar-refractivity contribution in [2.45, 2.75) is 63.1 Å². The second-order valence-corrected chi connectivity index (χ2v) is 10.1. The highest BCUT2D eigenvalue weighted by Crippen LogP contribution is 2.46. The molecule has 2 N–H and O–H groups in total. The van der Waals surface area contributed by atoms with E-state index in [4.69, 9.17) is 9.47 Å². The smallest absolute Gasteiger partial charge is 0.338 e. The molecular formula is C31H34O5. The van der Waals surface area contributed by atoms with Crippen LogP contribution >= 0.6 is 0 Å². The van der Waals surface area contributed by atoms with E-state index in [1.54, 1.807) is 0 Å². The molecule has 0 spiro atoms. The summed E-state index contributed by atoms with van der Waals surface area (Å²) >= 11 is 0. The molecule has 2 fully saturated rings. The molecule has 5 nitrogen and oxygen atoms in total. The van der Waals surface area contributed by atoms with Crippen molar-refractivity contribution in [2.75, 3.05) is 0 Å². The molecule has 36 heavy (non-hydrogen) atoms. The Hall–Kier alpha value is -2.99. The zero-order valence-electron chi connectivity index (χ0n) is 20.4. The van der Waals surface area contributed by atoms with E-state index < -0.39 is 12.4 Å². The van der Waals surface area contributed by atoms with Gasteiger partial charge in [-0.25, -0.2) is 4.79 Å². The number of esters is 1. The summed E-state index contributed by atoms with van der Waals surface area (Å²) in [5, 5.41) is 20.7. The highest BCUT2D eigenvalue weighted by molar-refractivity contribution is 5.90. The summed E-state index contributed by atoms with van der Waals surface area (Å²) in [5.74, 6) is -0.139. The second-order valence-electron chi connectivity index (χ2n) is 10.1. The van der Waals surface area contributed by atoms with Gasteiger partial charge in [-0.3, -0.25) is 0 Å². The number of aliphatic hydroxyl groups excluding tert-OH is 2. The van der Waals surface area contributed by atoms with Crippen molar-refractivity contribution >= 4 is 5.97 Å². The Morgan fingerprint density at radius 3 is 2.28 bits per heavy atom. The van der Waals surface area contributed by atoms with E-state index >= 15 is 0 Å². The van der Waals surface area contributed by atoms with E-state index in [0.717, 1.165) is 24.0 Å². The van der Waals surface area contributed by atoms with Gasteiger partial charge in [0, 0.05) is 18.8 Å². The fourth-order valence-corrected chi connectivity index (χ4v) is 5.78. The molecule has 1 saturated heterocycles. The first-order valence-corrected chi connectivity index (χ1v) is 13.0. The van der Waals surface area contributed by atoms with Crippen LogP contribution in [0.25, 0.3) is 11.1 Å². The maximum Gasteiger partial charge on any atom is 0.338 e. The van der Waals surface area contributed by atoms with Crippen LogP contribution in [0, 0.1) is 11.8 Å². The molecule has 0 bridgehead atoms. The van der Waals surface area contributed by atoms with Crippen LogP contribution in [0.5, 0.6) is 0 Å². The molecular weight excluding hydrogens is 452 g/mol. The highest BCUT2D eigenvalue weighted by Gasteiger charge is 2.50. The van der Waals surface area contributed by atoms with E-state index in [0.29, 0.717) is 31.2 Å². The van der Waals surface area contributed by atoms with E-state index in [1.165, 1.54) is 5.56 Å². The van der Waals surface area contributed by atoms with E-state index in [1.807, 2.05) is 72.8 Å². The lowest BCUT2D eigenvalue weighted by molar-refractivity contribution is -0.0958. The Balaban J connectivity index is 1.20. The van der Waals surface area contributed by atoms with Crippen molar-refractivity contribution in [3.63, 3.8) is 0 Å². The van der Waals surface area contributed by atoms with Crippen LogP contribution in [0.2, 0.25) is 0 Å². The summed E-state index contributed by atoms with van der Waals surface area (Å²) in [6, 6.07) is 27.7. The SMILES string of the molecule is O=C(O[C@@H]1C[C@@H]2OC(O)C[C@@H]2[C@H]1CC[C@@H](O)CCc1ccccc1)c1ccc(-c2ccccc2)cc1. The van der Waals surface area contributed by atoms with E-state index in [2.05, 4.69) is 12.1 Å². The number of ether oxygens (including phenoxy) is 2. The molecule has 5 rings (SSSR count). The number of benzene rings is 3. The maximum atomic E-state index is 13.0. The summed E-state index contributed by atoms with van der Waals surface area (Å²) in [5.41, 5.74) is 3.89. The normalized spacial score (nSPS) is 25.9. The molecule has 2 aliphatic rings. The minimum Gasteiger partial charge on any atom is -0.458 e. The topological polar surface area (TPSA) is 76.0 Å². The van der Waals surface area contributed by atoms with Crippen LogP contribution in [0.4, 0.5) is 0 Å².